The largest absolute Gasteiger partial charge is 0.311 e. The molecular weight excluding hydrogens is 906 g/mol. The summed E-state index contributed by atoms with van der Waals surface area (Å²) in [4.78, 5) is 7.76. The highest BCUT2D eigenvalue weighted by Crippen LogP contribution is 2.56. The highest BCUT2D eigenvalue weighted by atomic mass is 15.2. The predicted molar refractivity (Wildman–Crippen MR) is 326 cm³/mol. The van der Waals surface area contributed by atoms with Crippen LogP contribution in [0.25, 0.3) is 11.1 Å². The molecule has 0 fully saturated rings. The molecule has 3 aliphatic rings. The quantitative estimate of drug-likeness (QED) is 0.159. The molecule has 8 aromatic carbocycles. The molecule has 75 heavy (non-hydrogen) atoms. The van der Waals surface area contributed by atoms with Crippen LogP contribution < -0.4 is 31.1 Å². The third-order valence-corrected chi connectivity index (χ3v) is 16.8. The van der Waals surface area contributed by atoms with Gasteiger partial charge >= 0.3 is 0 Å². The number of nitrogens with zero attached hydrogens (tertiary/aromatic N) is 3. The normalized spacial score (nSPS) is 14.8. The molecule has 0 bridgehead atoms. The van der Waals surface area contributed by atoms with Crippen molar-refractivity contribution in [3.63, 3.8) is 0 Å². The fraction of sp³-hybridized carbons (Fsp3) is 0.324. The molecule has 0 aromatic heterocycles. The van der Waals surface area contributed by atoms with Crippen molar-refractivity contribution < 1.29 is 0 Å². The predicted octanol–water partition coefficient (Wildman–Crippen LogP) is 18.0. The van der Waals surface area contributed by atoms with E-state index in [0.29, 0.717) is 0 Å². The monoisotopic (exact) mass is 984 g/mol. The van der Waals surface area contributed by atoms with Gasteiger partial charge in [0.2, 0.25) is 0 Å². The van der Waals surface area contributed by atoms with E-state index in [-0.39, 0.29) is 39.2 Å². The molecule has 3 nitrogen and oxygen atoms in total. The van der Waals surface area contributed by atoms with Crippen molar-refractivity contribution in [3.8, 4) is 11.1 Å². The van der Waals surface area contributed by atoms with E-state index >= 15 is 0 Å². The van der Waals surface area contributed by atoms with Crippen molar-refractivity contribution in [1.82, 2.24) is 0 Å². The summed E-state index contributed by atoms with van der Waals surface area (Å²) in [5, 5.41) is 0. The van der Waals surface area contributed by atoms with Gasteiger partial charge in [0.05, 0.1) is 5.69 Å². The van der Waals surface area contributed by atoms with Crippen LogP contribution in [0.3, 0.4) is 0 Å². The van der Waals surface area contributed by atoms with Gasteiger partial charge in [0, 0.05) is 56.5 Å². The smallest absolute Gasteiger partial charge is 0.252 e. The Morgan fingerprint density at radius 3 is 1.39 bits per heavy atom. The zero-order valence-corrected chi connectivity index (χ0v) is 48.0. The maximum Gasteiger partial charge on any atom is 0.252 e. The van der Waals surface area contributed by atoms with Crippen molar-refractivity contribution in [3.05, 3.63) is 203 Å². The summed E-state index contributed by atoms with van der Waals surface area (Å²) in [5.41, 5.74) is 26.4. The van der Waals surface area contributed by atoms with Crippen molar-refractivity contribution in [2.45, 2.75) is 150 Å². The van der Waals surface area contributed by atoms with Crippen molar-refractivity contribution in [2.75, 3.05) is 14.7 Å². The number of anilines is 9. The Morgan fingerprint density at radius 2 is 0.840 bits per heavy atom. The molecule has 1 aliphatic carbocycles. The van der Waals surface area contributed by atoms with Crippen molar-refractivity contribution in [1.29, 1.82) is 0 Å². The molecule has 0 saturated carbocycles. The van der Waals surface area contributed by atoms with Gasteiger partial charge in [-0.1, -0.05) is 209 Å². The van der Waals surface area contributed by atoms with Crippen LogP contribution in [0.4, 0.5) is 51.2 Å². The SMILES string of the molecule is CC(C)(C)c1ccc(N(c2ccc(C(C)(C)C)cc2)c2ccc3c(c2)N(c2cccc4c2-c2ccccc2C4(C)C)c2cc(C(C)(C)C)cc4c2B3c2cc(C(C)(C)C)ccc2N4c2ccc(C(C)(C)C)cc2)cc1. The Labute approximate surface area is 450 Å². The first-order valence-electron chi connectivity index (χ1n) is 27.5. The lowest BCUT2D eigenvalue weighted by Gasteiger charge is -2.46. The number of hydrogen-bond acceptors (Lipinski definition) is 3. The molecule has 0 amide bonds. The number of fused-ring (bicyclic) bond motifs is 7. The molecule has 0 radical (unpaired) electrons. The Hall–Kier alpha value is -6.78. The van der Waals surface area contributed by atoms with E-state index in [2.05, 4.69) is 296 Å². The molecule has 2 heterocycles. The summed E-state index contributed by atoms with van der Waals surface area (Å²) >= 11 is 0. The van der Waals surface area contributed by atoms with Gasteiger partial charge in [0.15, 0.2) is 0 Å². The fourth-order valence-corrected chi connectivity index (χ4v) is 12.3. The van der Waals surface area contributed by atoms with Gasteiger partial charge in [-0.2, -0.15) is 0 Å². The molecule has 0 atom stereocenters. The van der Waals surface area contributed by atoms with Gasteiger partial charge in [-0.25, -0.2) is 0 Å². The second kappa shape index (κ2) is 17.1. The standard InChI is InChI=1S/C71H78BN3/c1-66(2,3)45-25-32-50(33-26-45)73(51-34-27-46(28-35-51)67(4,5)6)53-38-39-57-61(44-53)75(60-24-20-23-56-64(60)54-21-18-19-22-55(54)71(56,16)17)63-43-49(70(13,14)15)42-62-65(63)72(57)58-41-48(69(10,11)12)31-40-59(58)74(62)52-36-29-47(30-37-52)68(7,8)9/h18-44H,1-17H3. The van der Waals surface area contributed by atoms with Crippen LogP contribution in [0, 0.1) is 0 Å². The van der Waals surface area contributed by atoms with E-state index in [1.54, 1.807) is 0 Å². The molecule has 380 valence electrons. The van der Waals surface area contributed by atoms with Crippen molar-refractivity contribution >= 4 is 74.3 Å². The summed E-state index contributed by atoms with van der Waals surface area (Å²) in [5.74, 6) is 0. The second-order valence-electron chi connectivity index (χ2n) is 27.6. The van der Waals surface area contributed by atoms with Gasteiger partial charge in [-0.15, -0.1) is 0 Å². The first-order valence-corrected chi connectivity index (χ1v) is 27.5. The Kier molecular flexibility index (Phi) is 11.5. The van der Waals surface area contributed by atoms with E-state index in [4.69, 9.17) is 0 Å². The maximum atomic E-state index is 2.68. The van der Waals surface area contributed by atoms with E-state index in [0.717, 1.165) is 17.1 Å². The summed E-state index contributed by atoms with van der Waals surface area (Å²) in [7, 11) is 0. The molecule has 4 heteroatoms. The zero-order valence-electron chi connectivity index (χ0n) is 48.0. The Bertz CT molecular complexity index is 3470. The highest BCUT2D eigenvalue weighted by Gasteiger charge is 2.46. The molecule has 0 saturated heterocycles. The number of hydrogen-bond donors (Lipinski definition) is 0. The minimum atomic E-state index is -0.175. The van der Waals surface area contributed by atoms with Crippen LogP contribution in [0.15, 0.2) is 164 Å². The summed E-state index contributed by atoms with van der Waals surface area (Å²) in [6.45, 7) is 39.7. The topological polar surface area (TPSA) is 9.72 Å². The minimum absolute atomic E-state index is 0.0277. The second-order valence-corrected chi connectivity index (χ2v) is 27.6. The molecule has 0 spiro atoms. The van der Waals surface area contributed by atoms with Gasteiger partial charge < -0.3 is 14.7 Å². The molecule has 8 aromatic rings. The lowest BCUT2D eigenvalue weighted by molar-refractivity contribution is 0.589. The molecule has 2 aliphatic heterocycles. The van der Waals surface area contributed by atoms with E-state index in [9.17, 15) is 0 Å². The van der Waals surface area contributed by atoms with Crippen LogP contribution in [-0.4, -0.2) is 6.71 Å². The van der Waals surface area contributed by atoms with Gasteiger partial charge in [-0.3, -0.25) is 0 Å². The van der Waals surface area contributed by atoms with Gasteiger partial charge in [0.1, 0.15) is 0 Å². The Morgan fingerprint density at radius 1 is 0.360 bits per heavy atom. The number of benzene rings is 8. The summed E-state index contributed by atoms with van der Waals surface area (Å²) in [6, 6.07) is 64.1. The maximum absolute atomic E-state index is 2.68. The molecule has 0 N–H and O–H groups in total. The van der Waals surface area contributed by atoms with E-state index in [1.165, 1.54) is 101 Å². The highest BCUT2D eigenvalue weighted by molar-refractivity contribution is 7.00. The van der Waals surface area contributed by atoms with Crippen LogP contribution in [-0.2, 0) is 32.5 Å². The van der Waals surface area contributed by atoms with Crippen molar-refractivity contribution in [2.24, 2.45) is 0 Å². The molecule has 0 unspecified atom stereocenters. The van der Waals surface area contributed by atoms with Gasteiger partial charge in [0.25, 0.3) is 6.71 Å². The minimum Gasteiger partial charge on any atom is -0.311 e. The third kappa shape index (κ3) is 8.43. The summed E-state index contributed by atoms with van der Waals surface area (Å²) in [6.07, 6.45) is 0. The average Bonchev–Trinajstić information content (AvgIpc) is 3.60. The Balaban J connectivity index is 1.25. The van der Waals surface area contributed by atoms with Crippen LogP contribution in [0.2, 0.25) is 0 Å². The number of rotatable bonds is 5. The van der Waals surface area contributed by atoms with E-state index in [1.807, 2.05) is 0 Å². The first-order chi connectivity index (χ1) is 35.1. The third-order valence-electron chi connectivity index (χ3n) is 16.8. The van der Waals surface area contributed by atoms with Crippen LogP contribution >= 0.6 is 0 Å². The lowest BCUT2D eigenvalue weighted by atomic mass is 9.33. The van der Waals surface area contributed by atoms with Gasteiger partial charge in [-0.05, 0) is 161 Å². The van der Waals surface area contributed by atoms with Crippen LogP contribution in [0.5, 0.6) is 0 Å². The lowest BCUT2D eigenvalue weighted by Crippen LogP contribution is -2.61. The fourth-order valence-electron chi connectivity index (χ4n) is 12.3. The summed E-state index contributed by atoms with van der Waals surface area (Å²) < 4.78 is 0. The zero-order chi connectivity index (χ0) is 53.5. The van der Waals surface area contributed by atoms with Crippen LogP contribution in [0.1, 0.15) is 157 Å². The average molecular weight is 984 g/mol. The molecule has 11 rings (SSSR count). The van der Waals surface area contributed by atoms with E-state index < -0.39 is 0 Å². The molecular formula is C71H78BN3. The first kappa shape index (κ1) is 50.4.